The van der Waals surface area contributed by atoms with Crippen LogP contribution in [0.2, 0.25) is 0 Å². The molecule has 2 atom stereocenters. The quantitative estimate of drug-likeness (QED) is 0.786. The number of rotatable bonds is 6. The minimum atomic E-state index is -4.32. The number of benzene rings is 1. The second-order valence-corrected chi connectivity index (χ2v) is 5.98. The van der Waals surface area contributed by atoms with Gasteiger partial charge in [-0.1, -0.05) is 43.7 Å². The average Bonchev–Trinajstić information content (AvgIpc) is 2.87. The predicted molar refractivity (Wildman–Crippen MR) is 81.2 cm³/mol. The fraction of sp³-hybridized carbons (Fsp3) is 0.529. The molecule has 0 bridgehead atoms. The molecule has 2 rings (SSSR count). The molecule has 1 aliphatic heterocycles. The van der Waals surface area contributed by atoms with Crippen molar-refractivity contribution in [2.75, 3.05) is 6.61 Å². The van der Waals surface area contributed by atoms with Gasteiger partial charge in [0.2, 0.25) is 5.91 Å². The monoisotopic (exact) mass is 343 g/mol. The summed E-state index contributed by atoms with van der Waals surface area (Å²) in [5.41, 5.74) is 0.931. The smallest absolute Gasteiger partial charge is 0.416 e. The SMILES string of the molecule is CC[C@@H](CC(=O)N1C(=O)OC[C@@H]1Cc1ccccc1)CC(F)(F)F. The maximum absolute atomic E-state index is 12.5. The number of carbonyl (C=O) groups excluding carboxylic acids is 2. The molecule has 1 aliphatic rings. The van der Waals surface area contributed by atoms with E-state index < -0.39 is 36.6 Å². The molecular formula is C17H20F3NO3. The molecule has 1 aromatic carbocycles. The Bertz CT molecular complexity index is 574. The Morgan fingerprint density at radius 2 is 2.00 bits per heavy atom. The standard InChI is InChI=1S/C17H20F3NO3/c1-2-12(10-17(18,19)20)9-15(22)21-14(11-24-16(21)23)8-13-6-4-3-5-7-13/h3-7,12,14H,2,8-11H2,1H3/t12-,14-/m0/s1. The molecule has 1 saturated heterocycles. The topological polar surface area (TPSA) is 46.6 Å². The number of alkyl halides is 3. The van der Waals surface area contributed by atoms with Crippen LogP contribution in [0.3, 0.4) is 0 Å². The normalized spacial score (nSPS) is 19.2. The first kappa shape index (κ1) is 18.3. The maximum atomic E-state index is 12.5. The highest BCUT2D eigenvalue weighted by atomic mass is 19.4. The number of halogens is 3. The van der Waals surface area contributed by atoms with Crippen LogP contribution in [0.15, 0.2) is 30.3 Å². The number of hydrogen-bond donors (Lipinski definition) is 0. The third-order valence-electron chi connectivity index (χ3n) is 4.10. The number of cyclic esters (lactones) is 1. The van der Waals surface area contributed by atoms with Crippen molar-refractivity contribution in [3.63, 3.8) is 0 Å². The van der Waals surface area contributed by atoms with Crippen molar-refractivity contribution < 1.29 is 27.5 Å². The van der Waals surface area contributed by atoms with E-state index >= 15 is 0 Å². The Hall–Kier alpha value is -2.05. The Morgan fingerprint density at radius 1 is 1.33 bits per heavy atom. The fourth-order valence-electron chi connectivity index (χ4n) is 2.84. The van der Waals surface area contributed by atoms with E-state index in [4.69, 9.17) is 4.74 Å². The molecular weight excluding hydrogens is 323 g/mol. The lowest BCUT2D eigenvalue weighted by Gasteiger charge is -2.23. The Kier molecular flexibility index (Phi) is 5.85. The zero-order chi connectivity index (χ0) is 17.7. The lowest BCUT2D eigenvalue weighted by atomic mass is 9.96. The summed E-state index contributed by atoms with van der Waals surface area (Å²) in [6.07, 6.45) is -5.79. The van der Waals surface area contributed by atoms with Crippen molar-refractivity contribution in [1.29, 1.82) is 0 Å². The molecule has 0 aromatic heterocycles. The van der Waals surface area contributed by atoms with Crippen LogP contribution in [0.25, 0.3) is 0 Å². The van der Waals surface area contributed by atoms with Gasteiger partial charge < -0.3 is 4.74 Å². The second kappa shape index (κ2) is 7.68. The van der Waals surface area contributed by atoms with Gasteiger partial charge in [0.1, 0.15) is 6.61 Å². The van der Waals surface area contributed by atoms with Crippen LogP contribution >= 0.6 is 0 Å². The van der Waals surface area contributed by atoms with E-state index in [9.17, 15) is 22.8 Å². The third-order valence-corrected chi connectivity index (χ3v) is 4.10. The molecule has 7 heteroatoms. The van der Waals surface area contributed by atoms with Crippen molar-refractivity contribution in [2.45, 2.75) is 44.8 Å². The van der Waals surface area contributed by atoms with Gasteiger partial charge in [-0.3, -0.25) is 4.79 Å². The summed E-state index contributed by atoms with van der Waals surface area (Å²) < 4.78 is 42.6. The lowest BCUT2D eigenvalue weighted by Crippen LogP contribution is -2.41. The summed E-state index contributed by atoms with van der Waals surface area (Å²) in [4.78, 5) is 25.2. The van der Waals surface area contributed by atoms with Gasteiger partial charge >= 0.3 is 12.3 Å². The average molecular weight is 343 g/mol. The third kappa shape index (κ3) is 4.97. The van der Waals surface area contributed by atoms with Crippen LogP contribution in [-0.4, -0.2) is 35.7 Å². The first-order chi connectivity index (χ1) is 11.3. The summed E-state index contributed by atoms with van der Waals surface area (Å²) in [6, 6.07) is 8.79. The minimum absolute atomic E-state index is 0.0650. The fourth-order valence-corrected chi connectivity index (χ4v) is 2.84. The van der Waals surface area contributed by atoms with Gasteiger partial charge in [0.25, 0.3) is 0 Å². The molecule has 0 radical (unpaired) electrons. The largest absolute Gasteiger partial charge is 0.447 e. The number of nitrogens with zero attached hydrogens (tertiary/aromatic N) is 1. The van der Waals surface area contributed by atoms with Gasteiger partial charge in [0, 0.05) is 12.8 Å². The number of hydrogen-bond acceptors (Lipinski definition) is 3. The molecule has 132 valence electrons. The highest BCUT2D eigenvalue weighted by Crippen LogP contribution is 2.30. The summed E-state index contributed by atoms with van der Waals surface area (Å²) in [5.74, 6) is -1.43. The van der Waals surface area contributed by atoms with E-state index in [2.05, 4.69) is 0 Å². The van der Waals surface area contributed by atoms with Gasteiger partial charge in [0.15, 0.2) is 0 Å². The molecule has 1 aromatic rings. The maximum Gasteiger partial charge on any atom is 0.416 e. The van der Waals surface area contributed by atoms with Gasteiger partial charge in [-0.05, 0) is 17.9 Å². The van der Waals surface area contributed by atoms with Gasteiger partial charge in [-0.15, -0.1) is 0 Å². The minimum Gasteiger partial charge on any atom is -0.447 e. The molecule has 0 N–H and O–H groups in total. The molecule has 1 heterocycles. The van der Waals surface area contributed by atoms with E-state index in [0.29, 0.717) is 6.42 Å². The van der Waals surface area contributed by atoms with Crippen molar-refractivity contribution >= 4 is 12.0 Å². The van der Waals surface area contributed by atoms with Crippen LogP contribution in [0, 0.1) is 5.92 Å². The zero-order valence-electron chi connectivity index (χ0n) is 13.4. The van der Waals surface area contributed by atoms with Crippen molar-refractivity contribution in [2.24, 2.45) is 5.92 Å². The van der Waals surface area contributed by atoms with Crippen molar-refractivity contribution in [1.82, 2.24) is 4.90 Å². The molecule has 0 spiro atoms. The van der Waals surface area contributed by atoms with E-state index in [0.717, 1.165) is 10.5 Å². The van der Waals surface area contributed by atoms with Crippen LogP contribution in [0.5, 0.6) is 0 Å². The lowest BCUT2D eigenvalue weighted by molar-refractivity contribution is -0.148. The van der Waals surface area contributed by atoms with Crippen LogP contribution < -0.4 is 0 Å². The van der Waals surface area contributed by atoms with E-state index in [1.807, 2.05) is 30.3 Å². The Balaban J connectivity index is 2.03. The number of ether oxygens (including phenoxy) is 1. The Morgan fingerprint density at radius 3 is 2.58 bits per heavy atom. The van der Waals surface area contributed by atoms with Crippen molar-refractivity contribution in [3.8, 4) is 0 Å². The summed E-state index contributed by atoms with van der Waals surface area (Å²) in [7, 11) is 0. The van der Waals surface area contributed by atoms with Crippen molar-refractivity contribution in [3.05, 3.63) is 35.9 Å². The number of imide groups is 1. The Labute approximate surface area is 138 Å². The molecule has 0 saturated carbocycles. The van der Waals surface area contributed by atoms with Gasteiger partial charge in [-0.25, -0.2) is 9.69 Å². The summed E-state index contributed by atoms with van der Waals surface area (Å²) >= 11 is 0. The van der Waals surface area contributed by atoms with E-state index in [1.165, 1.54) is 0 Å². The van der Waals surface area contributed by atoms with E-state index in [1.54, 1.807) is 6.92 Å². The molecule has 2 amide bonds. The van der Waals surface area contributed by atoms with Crippen LogP contribution in [0.4, 0.5) is 18.0 Å². The zero-order valence-corrected chi connectivity index (χ0v) is 13.4. The second-order valence-electron chi connectivity index (χ2n) is 5.98. The number of amides is 2. The summed E-state index contributed by atoms with van der Waals surface area (Å²) in [6.45, 7) is 1.67. The first-order valence-corrected chi connectivity index (χ1v) is 7.89. The molecule has 0 unspecified atom stereocenters. The summed E-state index contributed by atoms with van der Waals surface area (Å²) in [5, 5.41) is 0. The molecule has 4 nitrogen and oxygen atoms in total. The van der Waals surface area contributed by atoms with E-state index in [-0.39, 0.29) is 19.4 Å². The molecule has 24 heavy (non-hydrogen) atoms. The molecule has 0 aliphatic carbocycles. The van der Waals surface area contributed by atoms with Crippen LogP contribution in [-0.2, 0) is 16.0 Å². The number of carbonyl (C=O) groups is 2. The predicted octanol–water partition coefficient (Wildman–Crippen LogP) is 3.95. The highest BCUT2D eigenvalue weighted by molar-refractivity contribution is 5.93. The first-order valence-electron chi connectivity index (χ1n) is 7.89. The highest BCUT2D eigenvalue weighted by Gasteiger charge is 2.39. The van der Waals surface area contributed by atoms with Gasteiger partial charge in [0.05, 0.1) is 6.04 Å². The molecule has 1 fully saturated rings. The van der Waals surface area contributed by atoms with Gasteiger partial charge in [-0.2, -0.15) is 13.2 Å². The van der Waals surface area contributed by atoms with Crippen LogP contribution in [0.1, 0.15) is 31.7 Å².